The Morgan fingerprint density at radius 2 is 2.05 bits per heavy atom. The highest BCUT2D eigenvalue weighted by atomic mass is 16.4. The fourth-order valence-electron chi connectivity index (χ4n) is 2.48. The Balaban J connectivity index is 2.26. The van der Waals surface area contributed by atoms with E-state index in [4.69, 9.17) is 5.11 Å². The summed E-state index contributed by atoms with van der Waals surface area (Å²) in [4.78, 5) is 22.4. The van der Waals surface area contributed by atoms with Crippen molar-refractivity contribution in [3.8, 4) is 0 Å². The van der Waals surface area contributed by atoms with Crippen LogP contribution in [-0.2, 0) is 4.79 Å². The molecule has 0 aromatic heterocycles. The summed E-state index contributed by atoms with van der Waals surface area (Å²) in [7, 11) is 0. The van der Waals surface area contributed by atoms with Crippen molar-refractivity contribution in [3.63, 3.8) is 0 Å². The number of carbonyl (C=O) groups is 2. The summed E-state index contributed by atoms with van der Waals surface area (Å²) in [5.74, 6) is 0.254. The summed E-state index contributed by atoms with van der Waals surface area (Å²) >= 11 is 0. The minimum Gasteiger partial charge on any atom is -0.481 e. The third-order valence-electron chi connectivity index (χ3n) is 3.58. The first-order chi connectivity index (χ1) is 8.92. The van der Waals surface area contributed by atoms with Crippen molar-refractivity contribution in [2.45, 2.75) is 52.5 Å². The normalized spacial score (nSPS) is 22.9. The Kier molecular flexibility index (Phi) is 6.12. The number of rotatable bonds is 8. The maximum absolute atomic E-state index is 11.7. The van der Waals surface area contributed by atoms with Crippen molar-refractivity contribution >= 4 is 12.0 Å². The molecule has 5 heteroatoms. The summed E-state index contributed by atoms with van der Waals surface area (Å²) in [5.41, 5.74) is 0. The number of nitrogens with one attached hydrogen (secondary N) is 2. The van der Waals surface area contributed by atoms with Gasteiger partial charge in [0.25, 0.3) is 0 Å². The number of carbonyl (C=O) groups excluding carboxylic acids is 1. The lowest BCUT2D eigenvalue weighted by molar-refractivity contribution is -0.138. The Morgan fingerprint density at radius 3 is 2.53 bits per heavy atom. The van der Waals surface area contributed by atoms with Gasteiger partial charge in [-0.25, -0.2) is 4.79 Å². The maximum atomic E-state index is 11.7. The van der Waals surface area contributed by atoms with Crippen LogP contribution in [0.15, 0.2) is 0 Å². The van der Waals surface area contributed by atoms with E-state index in [0.29, 0.717) is 24.4 Å². The van der Waals surface area contributed by atoms with Gasteiger partial charge in [-0.2, -0.15) is 0 Å². The SMILES string of the molecule is CCC1CC1NC(=O)NC[C@H](CC(=O)O)CC(C)C. The Hall–Kier alpha value is -1.26. The lowest BCUT2D eigenvalue weighted by atomic mass is 9.94. The van der Waals surface area contributed by atoms with Gasteiger partial charge in [0.15, 0.2) is 0 Å². The second kappa shape index (κ2) is 7.36. The molecule has 19 heavy (non-hydrogen) atoms. The van der Waals surface area contributed by atoms with Crippen LogP contribution in [0.1, 0.15) is 46.5 Å². The molecule has 1 saturated carbocycles. The molecule has 1 rings (SSSR count). The van der Waals surface area contributed by atoms with Crippen LogP contribution in [0.3, 0.4) is 0 Å². The van der Waals surface area contributed by atoms with E-state index in [1.165, 1.54) is 0 Å². The Labute approximate surface area is 115 Å². The molecule has 0 radical (unpaired) electrons. The molecular formula is C14H26N2O3. The van der Waals surface area contributed by atoms with Gasteiger partial charge in [-0.15, -0.1) is 0 Å². The summed E-state index contributed by atoms with van der Waals surface area (Å²) in [6, 6.07) is 0.146. The average molecular weight is 270 g/mol. The number of amides is 2. The molecule has 0 heterocycles. The minimum absolute atomic E-state index is 0.00410. The zero-order chi connectivity index (χ0) is 14.4. The molecule has 1 fully saturated rings. The van der Waals surface area contributed by atoms with Crippen molar-refractivity contribution in [2.75, 3.05) is 6.54 Å². The van der Waals surface area contributed by atoms with Crippen LogP contribution in [0, 0.1) is 17.8 Å². The highest BCUT2D eigenvalue weighted by molar-refractivity contribution is 5.74. The van der Waals surface area contributed by atoms with Gasteiger partial charge in [-0.3, -0.25) is 4.79 Å². The van der Waals surface area contributed by atoms with Crippen LogP contribution in [0.25, 0.3) is 0 Å². The topological polar surface area (TPSA) is 78.4 Å². The Bertz CT molecular complexity index is 318. The first kappa shape index (κ1) is 15.8. The number of hydrogen-bond acceptors (Lipinski definition) is 2. The van der Waals surface area contributed by atoms with Gasteiger partial charge in [0.1, 0.15) is 0 Å². The van der Waals surface area contributed by atoms with Crippen LogP contribution >= 0.6 is 0 Å². The van der Waals surface area contributed by atoms with E-state index < -0.39 is 5.97 Å². The minimum atomic E-state index is -0.805. The second-order valence-electron chi connectivity index (χ2n) is 5.96. The lowest BCUT2D eigenvalue weighted by Crippen LogP contribution is -2.40. The summed E-state index contributed by atoms with van der Waals surface area (Å²) in [6.07, 6.45) is 3.08. The summed E-state index contributed by atoms with van der Waals surface area (Å²) < 4.78 is 0. The van der Waals surface area contributed by atoms with Crippen molar-refractivity contribution in [2.24, 2.45) is 17.8 Å². The van der Waals surface area contributed by atoms with E-state index in [-0.39, 0.29) is 18.4 Å². The van der Waals surface area contributed by atoms with Crippen molar-refractivity contribution in [1.29, 1.82) is 0 Å². The van der Waals surface area contributed by atoms with Crippen LogP contribution in [0.4, 0.5) is 4.79 Å². The predicted octanol–water partition coefficient (Wildman–Crippen LogP) is 2.22. The molecule has 2 unspecified atom stereocenters. The highest BCUT2D eigenvalue weighted by Crippen LogP contribution is 2.32. The monoisotopic (exact) mass is 270 g/mol. The van der Waals surface area contributed by atoms with Crippen LogP contribution in [0.2, 0.25) is 0 Å². The van der Waals surface area contributed by atoms with Crippen LogP contribution in [0.5, 0.6) is 0 Å². The molecule has 110 valence electrons. The maximum Gasteiger partial charge on any atom is 0.315 e. The van der Waals surface area contributed by atoms with Crippen molar-refractivity contribution < 1.29 is 14.7 Å². The summed E-state index contributed by atoms with van der Waals surface area (Å²) in [5, 5.41) is 14.6. The van der Waals surface area contributed by atoms with Crippen molar-refractivity contribution in [3.05, 3.63) is 0 Å². The molecule has 1 aliphatic rings. The number of carboxylic acids is 1. The molecule has 1 aliphatic carbocycles. The van der Waals surface area contributed by atoms with E-state index in [9.17, 15) is 9.59 Å². The smallest absolute Gasteiger partial charge is 0.315 e. The fraction of sp³-hybridized carbons (Fsp3) is 0.857. The van der Waals surface area contributed by atoms with Gasteiger partial charge in [0, 0.05) is 19.0 Å². The zero-order valence-corrected chi connectivity index (χ0v) is 12.1. The number of aliphatic carboxylic acids is 1. The average Bonchev–Trinajstić information content (AvgIpc) is 3.03. The highest BCUT2D eigenvalue weighted by Gasteiger charge is 2.36. The standard InChI is InChI=1S/C14H26N2O3/c1-4-11-7-12(11)16-14(19)15-8-10(5-9(2)3)6-13(17)18/h9-12H,4-8H2,1-3H3,(H,17,18)(H2,15,16,19)/t10-,11?,12?/m0/s1. The molecule has 0 spiro atoms. The fourth-order valence-corrected chi connectivity index (χ4v) is 2.48. The molecule has 0 saturated heterocycles. The van der Waals surface area contributed by atoms with Gasteiger partial charge in [0.05, 0.1) is 0 Å². The number of urea groups is 1. The van der Waals surface area contributed by atoms with Gasteiger partial charge < -0.3 is 15.7 Å². The summed E-state index contributed by atoms with van der Waals surface area (Å²) in [6.45, 7) is 6.67. The molecular weight excluding hydrogens is 244 g/mol. The van der Waals surface area contributed by atoms with Gasteiger partial charge >= 0.3 is 12.0 Å². The van der Waals surface area contributed by atoms with E-state index in [2.05, 4.69) is 31.4 Å². The lowest BCUT2D eigenvalue weighted by Gasteiger charge is -2.18. The number of carboxylic acid groups (broad SMARTS) is 1. The van der Waals surface area contributed by atoms with Crippen LogP contribution in [-0.4, -0.2) is 29.7 Å². The second-order valence-corrected chi connectivity index (χ2v) is 5.96. The third-order valence-corrected chi connectivity index (χ3v) is 3.58. The quantitative estimate of drug-likeness (QED) is 0.633. The molecule has 3 atom stereocenters. The van der Waals surface area contributed by atoms with Crippen molar-refractivity contribution in [1.82, 2.24) is 10.6 Å². The van der Waals surface area contributed by atoms with Gasteiger partial charge in [0.2, 0.25) is 0 Å². The predicted molar refractivity (Wildman–Crippen MR) is 73.9 cm³/mol. The van der Waals surface area contributed by atoms with Gasteiger partial charge in [-0.05, 0) is 30.6 Å². The molecule has 0 aliphatic heterocycles. The first-order valence-corrected chi connectivity index (χ1v) is 7.18. The van der Waals surface area contributed by atoms with Gasteiger partial charge in [-0.1, -0.05) is 27.2 Å². The van der Waals surface area contributed by atoms with E-state index in [1.807, 2.05) is 0 Å². The zero-order valence-electron chi connectivity index (χ0n) is 12.1. The van der Waals surface area contributed by atoms with Crippen LogP contribution < -0.4 is 10.6 Å². The molecule has 2 amide bonds. The molecule has 0 aromatic rings. The molecule has 0 bridgehead atoms. The largest absolute Gasteiger partial charge is 0.481 e. The Morgan fingerprint density at radius 1 is 1.37 bits per heavy atom. The number of hydrogen-bond donors (Lipinski definition) is 3. The third kappa shape index (κ3) is 6.45. The molecule has 5 nitrogen and oxygen atoms in total. The van der Waals surface area contributed by atoms with E-state index >= 15 is 0 Å². The van der Waals surface area contributed by atoms with E-state index in [1.54, 1.807) is 0 Å². The molecule has 0 aromatic carbocycles. The molecule has 3 N–H and O–H groups in total. The van der Waals surface area contributed by atoms with E-state index in [0.717, 1.165) is 19.3 Å². The first-order valence-electron chi connectivity index (χ1n) is 7.18.